The summed E-state index contributed by atoms with van der Waals surface area (Å²) in [5, 5.41) is 6.65. The van der Waals surface area contributed by atoms with Crippen molar-refractivity contribution in [2.45, 2.75) is 19.8 Å². The van der Waals surface area contributed by atoms with E-state index in [2.05, 4.69) is 22.3 Å². The Kier molecular flexibility index (Phi) is 4.72. The quantitative estimate of drug-likeness (QED) is 0.257. The number of nitrogens with two attached hydrogens (primary N) is 1. The van der Waals surface area contributed by atoms with E-state index in [1.807, 2.05) is 0 Å². The summed E-state index contributed by atoms with van der Waals surface area (Å²) in [7, 11) is 0. The molecule has 0 aromatic rings. The number of carbonyl (C=O) groups is 1. The van der Waals surface area contributed by atoms with E-state index in [0.717, 1.165) is 0 Å². The van der Waals surface area contributed by atoms with Gasteiger partial charge in [0.25, 0.3) is 0 Å². The van der Waals surface area contributed by atoms with Crippen molar-refractivity contribution in [3.05, 3.63) is 0 Å². The average Bonchev–Trinajstić information content (AvgIpc) is 2.03. The van der Waals surface area contributed by atoms with Gasteiger partial charge in [-0.25, -0.2) is 0 Å². The molecule has 0 radical (unpaired) electrons. The van der Waals surface area contributed by atoms with Crippen molar-refractivity contribution in [2.75, 3.05) is 0 Å². The molecule has 0 aliphatic heterocycles. The second-order valence-corrected chi connectivity index (χ2v) is 1.91. The van der Waals surface area contributed by atoms with Gasteiger partial charge in [0.15, 0.2) is 0 Å². The predicted octanol–water partition coefficient (Wildman–Crippen LogP) is -0.167. The number of hydrogen-bond donors (Lipinski definition) is 2. The van der Waals surface area contributed by atoms with E-state index in [1.165, 1.54) is 0 Å². The standard InChI is InChI=1S/C6H12N4O/c1-3-5(11)4-6(9-7)10-8-2/h2-4,7H2,1H3,(H,9,10). The highest BCUT2D eigenvalue weighted by atomic mass is 16.1. The summed E-state index contributed by atoms with van der Waals surface area (Å²) < 4.78 is 0. The van der Waals surface area contributed by atoms with E-state index in [1.54, 1.807) is 6.92 Å². The fourth-order valence-corrected chi connectivity index (χ4v) is 0.517. The fraction of sp³-hybridized carbons (Fsp3) is 0.500. The number of amidine groups is 1. The molecule has 0 aromatic heterocycles. The zero-order chi connectivity index (χ0) is 8.69. The molecular weight excluding hydrogens is 144 g/mol. The van der Waals surface area contributed by atoms with Crippen LogP contribution in [0.2, 0.25) is 0 Å². The third-order valence-electron chi connectivity index (χ3n) is 1.12. The minimum atomic E-state index is 0.0605. The first-order chi connectivity index (χ1) is 5.24. The Morgan fingerprint density at radius 1 is 1.73 bits per heavy atom. The molecule has 0 bridgehead atoms. The van der Waals surface area contributed by atoms with E-state index < -0.39 is 0 Å². The van der Waals surface area contributed by atoms with Crippen molar-refractivity contribution >= 4 is 18.3 Å². The minimum Gasteiger partial charge on any atom is -0.322 e. The van der Waals surface area contributed by atoms with Gasteiger partial charge < -0.3 is 5.84 Å². The van der Waals surface area contributed by atoms with Crippen molar-refractivity contribution in [1.82, 2.24) is 5.43 Å². The Bertz CT molecular complexity index is 175. The molecule has 0 aliphatic carbocycles. The zero-order valence-corrected chi connectivity index (χ0v) is 6.50. The molecule has 5 nitrogen and oxygen atoms in total. The van der Waals surface area contributed by atoms with Gasteiger partial charge in [0.05, 0.1) is 6.42 Å². The molecule has 0 saturated carbocycles. The maximum Gasteiger partial charge on any atom is 0.149 e. The van der Waals surface area contributed by atoms with Crippen LogP contribution in [0.1, 0.15) is 19.8 Å². The van der Waals surface area contributed by atoms with Crippen molar-refractivity contribution in [2.24, 2.45) is 16.0 Å². The first-order valence-electron chi connectivity index (χ1n) is 3.24. The molecule has 0 heterocycles. The van der Waals surface area contributed by atoms with Crippen LogP contribution in [0.25, 0.3) is 0 Å². The summed E-state index contributed by atoms with van der Waals surface area (Å²) in [6.45, 7) is 4.95. The number of carbonyl (C=O) groups excluding carboxylic acids is 1. The largest absolute Gasteiger partial charge is 0.322 e. The molecule has 0 spiro atoms. The van der Waals surface area contributed by atoms with Gasteiger partial charge in [0.1, 0.15) is 11.6 Å². The monoisotopic (exact) mass is 156 g/mol. The van der Waals surface area contributed by atoms with Gasteiger partial charge >= 0.3 is 0 Å². The number of Topliss-reactive ketones (excluding diaryl/α,β-unsaturated/α-hetero) is 1. The molecule has 0 atom stereocenters. The van der Waals surface area contributed by atoms with Crippen LogP contribution in [0.15, 0.2) is 10.2 Å². The third-order valence-corrected chi connectivity index (χ3v) is 1.12. The lowest BCUT2D eigenvalue weighted by atomic mass is 10.2. The Morgan fingerprint density at radius 3 is 2.73 bits per heavy atom. The van der Waals surface area contributed by atoms with Crippen molar-refractivity contribution < 1.29 is 4.79 Å². The number of nitrogens with one attached hydrogen (secondary N) is 1. The summed E-state index contributed by atoms with van der Waals surface area (Å²) in [5.74, 6) is 5.35. The second-order valence-electron chi connectivity index (χ2n) is 1.91. The number of nitrogens with zero attached hydrogens (tertiary/aromatic N) is 2. The Hall–Kier alpha value is -1.39. The van der Waals surface area contributed by atoms with Gasteiger partial charge in [0, 0.05) is 13.1 Å². The SMILES string of the molecule is C=NN/C(CC(=O)CC)=N\N. The Labute approximate surface area is 65.3 Å². The Balaban J connectivity index is 3.88. The first-order valence-corrected chi connectivity index (χ1v) is 3.24. The molecule has 0 unspecified atom stereocenters. The van der Waals surface area contributed by atoms with E-state index >= 15 is 0 Å². The van der Waals surface area contributed by atoms with Crippen LogP contribution in [-0.4, -0.2) is 18.3 Å². The summed E-state index contributed by atoms with van der Waals surface area (Å²) in [5.41, 5.74) is 2.42. The molecule has 3 N–H and O–H groups in total. The molecule has 11 heavy (non-hydrogen) atoms. The van der Waals surface area contributed by atoms with Crippen molar-refractivity contribution in [3.63, 3.8) is 0 Å². The fourth-order valence-electron chi connectivity index (χ4n) is 0.517. The van der Waals surface area contributed by atoms with Gasteiger partial charge in [-0.3, -0.25) is 10.2 Å². The highest BCUT2D eigenvalue weighted by Gasteiger charge is 2.03. The van der Waals surface area contributed by atoms with Gasteiger partial charge in [-0.05, 0) is 0 Å². The average molecular weight is 156 g/mol. The summed E-state index contributed by atoms with van der Waals surface area (Å²) in [6.07, 6.45) is 0.657. The minimum absolute atomic E-state index is 0.0605. The van der Waals surface area contributed by atoms with E-state index in [-0.39, 0.29) is 12.2 Å². The molecule has 62 valence electrons. The maximum absolute atomic E-state index is 10.8. The summed E-state index contributed by atoms with van der Waals surface area (Å²) in [4.78, 5) is 10.8. The highest BCUT2D eigenvalue weighted by Crippen LogP contribution is 1.89. The van der Waals surface area contributed by atoms with Crippen LogP contribution in [-0.2, 0) is 4.79 Å². The smallest absolute Gasteiger partial charge is 0.149 e. The van der Waals surface area contributed by atoms with Gasteiger partial charge in [0.2, 0.25) is 0 Å². The number of rotatable bonds is 4. The normalized spacial score (nSPS) is 10.8. The molecule has 0 saturated heterocycles. The molecule has 0 rings (SSSR count). The van der Waals surface area contributed by atoms with Crippen LogP contribution in [0.3, 0.4) is 0 Å². The number of hydrogen-bond acceptors (Lipinski definition) is 4. The molecule has 0 aromatic carbocycles. The van der Waals surface area contributed by atoms with E-state index in [9.17, 15) is 4.79 Å². The second kappa shape index (κ2) is 5.40. The highest BCUT2D eigenvalue weighted by molar-refractivity contribution is 6.00. The molecule has 0 amide bonds. The van der Waals surface area contributed by atoms with Crippen LogP contribution >= 0.6 is 0 Å². The Morgan fingerprint density at radius 2 is 2.36 bits per heavy atom. The molecular formula is C6H12N4O. The first kappa shape index (κ1) is 9.61. The van der Waals surface area contributed by atoms with Gasteiger partial charge in [-0.2, -0.15) is 10.2 Å². The van der Waals surface area contributed by atoms with Crippen molar-refractivity contribution in [1.29, 1.82) is 0 Å². The molecule has 5 heteroatoms. The third kappa shape index (κ3) is 4.07. The van der Waals surface area contributed by atoms with E-state index in [0.29, 0.717) is 12.3 Å². The number of ketones is 1. The van der Waals surface area contributed by atoms with Gasteiger partial charge in [-0.15, -0.1) is 0 Å². The lowest BCUT2D eigenvalue weighted by Crippen LogP contribution is -2.22. The maximum atomic E-state index is 10.8. The lowest BCUT2D eigenvalue weighted by Gasteiger charge is -2.00. The summed E-state index contributed by atoms with van der Waals surface area (Å²) in [6, 6.07) is 0. The van der Waals surface area contributed by atoms with Crippen LogP contribution < -0.4 is 11.3 Å². The van der Waals surface area contributed by atoms with Crippen LogP contribution in [0.5, 0.6) is 0 Å². The van der Waals surface area contributed by atoms with Gasteiger partial charge in [-0.1, -0.05) is 6.92 Å². The molecule has 0 fully saturated rings. The lowest BCUT2D eigenvalue weighted by molar-refractivity contribution is -0.117. The summed E-state index contributed by atoms with van der Waals surface area (Å²) >= 11 is 0. The van der Waals surface area contributed by atoms with Crippen molar-refractivity contribution in [3.8, 4) is 0 Å². The van der Waals surface area contributed by atoms with E-state index in [4.69, 9.17) is 5.84 Å². The topological polar surface area (TPSA) is 79.8 Å². The zero-order valence-electron chi connectivity index (χ0n) is 6.50. The van der Waals surface area contributed by atoms with Crippen LogP contribution in [0.4, 0.5) is 0 Å². The predicted molar refractivity (Wildman–Crippen MR) is 44.2 cm³/mol. The molecule has 0 aliphatic rings. The van der Waals surface area contributed by atoms with Crippen LogP contribution in [0, 0.1) is 0 Å². The number of hydrazone groups is 2.